The fourth-order valence-corrected chi connectivity index (χ4v) is 1.89. The average molecular weight is 253 g/mol. The van der Waals surface area contributed by atoms with Crippen molar-refractivity contribution < 1.29 is 9.21 Å². The van der Waals surface area contributed by atoms with Gasteiger partial charge in [-0.05, 0) is 20.4 Å². The minimum absolute atomic E-state index is 0.0276. The largest absolute Gasteiger partial charge is 0.407 e. The van der Waals surface area contributed by atoms with Gasteiger partial charge in [-0.1, -0.05) is 12.0 Å². The van der Waals surface area contributed by atoms with E-state index in [1.807, 2.05) is 25.7 Å². The van der Waals surface area contributed by atoms with Crippen LogP contribution >= 0.6 is 0 Å². The number of nitrogens with zero attached hydrogens (tertiary/aromatic N) is 3. The van der Waals surface area contributed by atoms with Crippen LogP contribution < -0.4 is 15.5 Å². The third-order valence-corrected chi connectivity index (χ3v) is 3.06. The van der Waals surface area contributed by atoms with Crippen molar-refractivity contribution in [2.45, 2.75) is 32.9 Å². The number of anilines is 1. The van der Waals surface area contributed by atoms with Crippen LogP contribution in [0.2, 0.25) is 0 Å². The second-order valence-corrected chi connectivity index (χ2v) is 4.73. The van der Waals surface area contributed by atoms with E-state index in [9.17, 15) is 4.79 Å². The van der Waals surface area contributed by atoms with Gasteiger partial charge in [0.25, 0.3) is 0 Å². The van der Waals surface area contributed by atoms with Crippen LogP contribution in [0.3, 0.4) is 0 Å². The van der Waals surface area contributed by atoms with Crippen molar-refractivity contribution in [3.63, 3.8) is 0 Å². The predicted octanol–water partition coefficient (Wildman–Crippen LogP) is -0.106. The molecule has 2 N–H and O–H groups in total. The van der Waals surface area contributed by atoms with Crippen LogP contribution in [0.5, 0.6) is 0 Å². The number of amides is 1. The molecule has 2 rings (SSSR count). The van der Waals surface area contributed by atoms with Crippen molar-refractivity contribution in [3.05, 3.63) is 5.89 Å². The Kier molecular flexibility index (Phi) is 3.51. The zero-order chi connectivity index (χ0) is 13.2. The Morgan fingerprint density at radius 2 is 2.28 bits per heavy atom. The molecule has 100 valence electrons. The summed E-state index contributed by atoms with van der Waals surface area (Å²) in [6, 6.07) is 0.405. The molecule has 0 aliphatic carbocycles. The molecule has 0 aromatic carbocycles. The number of carbonyl (C=O) groups is 1. The van der Waals surface area contributed by atoms with Gasteiger partial charge in [-0.15, -0.1) is 5.10 Å². The van der Waals surface area contributed by atoms with Crippen molar-refractivity contribution >= 4 is 11.9 Å². The lowest BCUT2D eigenvalue weighted by molar-refractivity contribution is -0.126. The van der Waals surface area contributed by atoms with E-state index in [1.165, 1.54) is 0 Å². The van der Waals surface area contributed by atoms with E-state index in [2.05, 4.69) is 20.8 Å². The Morgan fingerprint density at radius 3 is 3.00 bits per heavy atom. The summed E-state index contributed by atoms with van der Waals surface area (Å²) in [5.41, 5.74) is -0.666. The highest BCUT2D eigenvalue weighted by molar-refractivity contribution is 5.89. The van der Waals surface area contributed by atoms with Crippen molar-refractivity contribution in [2.75, 3.05) is 24.5 Å². The maximum Gasteiger partial charge on any atom is 0.319 e. The minimum atomic E-state index is -0.666. The normalized spacial score (nSPS) is 18.8. The molecule has 0 radical (unpaired) electrons. The summed E-state index contributed by atoms with van der Waals surface area (Å²) in [5.74, 6) is 0.508. The molecule has 2 heterocycles. The molecule has 1 aliphatic rings. The van der Waals surface area contributed by atoms with E-state index >= 15 is 0 Å². The first kappa shape index (κ1) is 12.8. The van der Waals surface area contributed by atoms with Crippen molar-refractivity contribution in [1.82, 2.24) is 20.8 Å². The van der Waals surface area contributed by atoms with Gasteiger partial charge in [-0.2, -0.15) is 0 Å². The lowest BCUT2D eigenvalue weighted by Gasteiger charge is -2.39. The van der Waals surface area contributed by atoms with Gasteiger partial charge < -0.3 is 20.0 Å². The molecule has 0 bridgehead atoms. The maximum absolute atomic E-state index is 11.8. The Hall–Kier alpha value is -1.63. The third-order valence-electron chi connectivity index (χ3n) is 3.06. The smallest absolute Gasteiger partial charge is 0.319 e. The van der Waals surface area contributed by atoms with Crippen molar-refractivity contribution in [1.29, 1.82) is 0 Å². The monoisotopic (exact) mass is 253 g/mol. The molecule has 0 atom stereocenters. The number of aromatic nitrogens is 2. The van der Waals surface area contributed by atoms with Crippen LogP contribution in [0.25, 0.3) is 0 Å². The molecule has 1 aliphatic heterocycles. The number of carbonyl (C=O) groups excluding carboxylic acids is 1. The van der Waals surface area contributed by atoms with Gasteiger partial charge >= 0.3 is 6.01 Å². The second kappa shape index (κ2) is 4.93. The van der Waals surface area contributed by atoms with Gasteiger partial charge in [0.2, 0.25) is 11.8 Å². The molecular formula is C11H19N5O2. The van der Waals surface area contributed by atoms with Crippen LogP contribution in [0.15, 0.2) is 4.42 Å². The Labute approximate surface area is 106 Å². The van der Waals surface area contributed by atoms with E-state index < -0.39 is 5.54 Å². The van der Waals surface area contributed by atoms with Crippen molar-refractivity contribution in [2.24, 2.45) is 0 Å². The molecule has 7 nitrogen and oxygen atoms in total. The lowest BCUT2D eigenvalue weighted by Crippen LogP contribution is -2.62. The summed E-state index contributed by atoms with van der Waals surface area (Å²) < 4.78 is 5.57. The molecule has 1 saturated heterocycles. The van der Waals surface area contributed by atoms with Gasteiger partial charge in [-0.3, -0.25) is 4.79 Å². The first-order valence-corrected chi connectivity index (χ1v) is 6.14. The fourth-order valence-electron chi connectivity index (χ4n) is 1.89. The highest BCUT2D eigenvalue weighted by Crippen LogP contribution is 2.24. The first-order chi connectivity index (χ1) is 8.55. The Bertz CT molecular complexity index is 429. The standard InChI is InChI=1S/C11H19N5O2/c1-4-12-7-8-14-15-10(18-8)16-6-5-13-9(17)11(16,2)3/h12H,4-7H2,1-3H3,(H,13,17). The Morgan fingerprint density at radius 1 is 1.50 bits per heavy atom. The number of nitrogens with one attached hydrogen (secondary N) is 2. The first-order valence-electron chi connectivity index (χ1n) is 6.14. The maximum atomic E-state index is 11.8. The van der Waals surface area contributed by atoms with E-state index in [0.29, 0.717) is 31.5 Å². The molecular weight excluding hydrogens is 234 g/mol. The van der Waals surface area contributed by atoms with Crippen LogP contribution in [0, 0.1) is 0 Å². The molecule has 1 fully saturated rings. The number of hydrogen-bond donors (Lipinski definition) is 2. The quantitative estimate of drug-likeness (QED) is 0.779. The van der Waals surface area contributed by atoms with E-state index in [-0.39, 0.29) is 5.91 Å². The molecule has 1 amide bonds. The summed E-state index contributed by atoms with van der Waals surface area (Å²) in [6.45, 7) is 8.34. The summed E-state index contributed by atoms with van der Waals surface area (Å²) in [6.07, 6.45) is 0. The topological polar surface area (TPSA) is 83.3 Å². The van der Waals surface area contributed by atoms with Gasteiger partial charge in [0.15, 0.2) is 0 Å². The Balaban J connectivity index is 2.15. The van der Waals surface area contributed by atoms with E-state index in [4.69, 9.17) is 4.42 Å². The third kappa shape index (κ3) is 2.31. The van der Waals surface area contributed by atoms with Crippen LogP contribution in [0.1, 0.15) is 26.7 Å². The highest BCUT2D eigenvalue weighted by Gasteiger charge is 2.40. The predicted molar refractivity (Wildman–Crippen MR) is 66.1 cm³/mol. The van der Waals surface area contributed by atoms with Gasteiger partial charge in [0.1, 0.15) is 5.54 Å². The summed E-state index contributed by atoms with van der Waals surface area (Å²) >= 11 is 0. The SMILES string of the molecule is CCNCc1nnc(N2CCNC(=O)C2(C)C)o1. The average Bonchev–Trinajstić information content (AvgIpc) is 2.78. The second-order valence-electron chi connectivity index (χ2n) is 4.73. The molecule has 0 unspecified atom stereocenters. The molecule has 0 saturated carbocycles. The number of piperazine rings is 1. The summed E-state index contributed by atoms with van der Waals surface area (Å²) in [5, 5.41) is 13.9. The van der Waals surface area contributed by atoms with E-state index in [0.717, 1.165) is 6.54 Å². The van der Waals surface area contributed by atoms with Crippen LogP contribution in [-0.2, 0) is 11.3 Å². The molecule has 18 heavy (non-hydrogen) atoms. The molecule has 0 spiro atoms. The molecule has 1 aromatic heterocycles. The number of hydrogen-bond acceptors (Lipinski definition) is 6. The fraction of sp³-hybridized carbons (Fsp3) is 0.727. The van der Waals surface area contributed by atoms with E-state index in [1.54, 1.807) is 0 Å². The lowest BCUT2D eigenvalue weighted by atomic mass is 10.00. The molecule has 7 heteroatoms. The van der Waals surface area contributed by atoms with Gasteiger partial charge in [0.05, 0.1) is 6.54 Å². The minimum Gasteiger partial charge on any atom is -0.407 e. The van der Waals surface area contributed by atoms with Crippen LogP contribution in [-0.4, -0.2) is 41.3 Å². The highest BCUT2D eigenvalue weighted by atomic mass is 16.4. The summed E-state index contributed by atoms with van der Waals surface area (Å²) in [4.78, 5) is 13.7. The zero-order valence-corrected chi connectivity index (χ0v) is 11.0. The van der Waals surface area contributed by atoms with Crippen molar-refractivity contribution in [3.8, 4) is 0 Å². The molecule has 1 aromatic rings. The van der Waals surface area contributed by atoms with Gasteiger partial charge in [-0.25, -0.2) is 0 Å². The van der Waals surface area contributed by atoms with Crippen LogP contribution in [0.4, 0.5) is 6.01 Å². The summed E-state index contributed by atoms with van der Waals surface area (Å²) in [7, 11) is 0. The zero-order valence-electron chi connectivity index (χ0n) is 11.0. The number of rotatable bonds is 4. The van der Waals surface area contributed by atoms with Gasteiger partial charge in [0, 0.05) is 13.1 Å².